The minimum absolute atomic E-state index is 0.270. The molecule has 2 fully saturated rings. The highest BCUT2D eigenvalue weighted by atomic mass is 16.2. The minimum Gasteiger partial charge on any atom is -0.339 e. The Hall–Kier alpha value is -1.42. The fourth-order valence-electron chi connectivity index (χ4n) is 2.98. The number of nitrogens with one attached hydrogen (secondary N) is 1. The Labute approximate surface area is 120 Å². The van der Waals surface area contributed by atoms with Crippen LogP contribution in [0.4, 0.5) is 0 Å². The molecule has 0 spiro atoms. The molecule has 1 saturated carbocycles. The van der Waals surface area contributed by atoms with Gasteiger partial charge in [-0.1, -0.05) is 6.07 Å². The van der Waals surface area contributed by atoms with Gasteiger partial charge in [0.1, 0.15) is 0 Å². The summed E-state index contributed by atoms with van der Waals surface area (Å²) in [7, 11) is 0. The van der Waals surface area contributed by atoms with Crippen molar-refractivity contribution in [1.82, 2.24) is 15.2 Å². The highest BCUT2D eigenvalue weighted by Gasteiger charge is 2.34. The summed E-state index contributed by atoms with van der Waals surface area (Å²) in [5.74, 6) is 0.897. The van der Waals surface area contributed by atoms with Gasteiger partial charge in [0.05, 0.1) is 6.42 Å². The largest absolute Gasteiger partial charge is 0.339 e. The molecule has 108 valence electrons. The van der Waals surface area contributed by atoms with E-state index in [4.69, 9.17) is 0 Å². The molecule has 2 aliphatic rings. The molecule has 1 unspecified atom stereocenters. The first-order valence-electron chi connectivity index (χ1n) is 7.72. The van der Waals surface area contributed by atoms with Gasteiger partial charge in [-0.25, -0.2) is 0 Å². The number of nitrogens with zero attached hydrogens (tertiary/aromatic N) is 2. The van der Waals surface area contributed by atoms with Crippen LogP contribution in [0.25, 0.3) is 0 Å². The van der Waals surface area contributed by atoms with Crippen molar-refractivity contribution in [3.8, 4) is 0 Å². The lowest BCUT2D eigenvalue weighted by atomic mass is 9.98. The standard InChI is InChI=1S/C16H23N3O/c20-16(9-13-3-1-7-17-10-13)19(15-5-6-15)12-14-4-2-8-18-11-14/h1,3,7,10,14-15,18H,2,4-6,8-9,11-12H2. The maximum absolute atomic E-state index is 12.5. The highest BCUT2D eigenvalue weighted by Crippen LogP contribution is 2.29. The maximum Gasteiger partial charge on any atom is 0.227 e. The second-order valence-electron chi connectivity index (χ2n) is 6.03. The van der Waals surface area contributed by atoms with Crippen LogP contribution in [-0.4, -0.2) is 41.5 Å². The van der Waals surface area contributed by atoms with E-state index in [2.05, 4.69) is 15.2 Å². The van der Waals surface area contributed by atoms with Gasteiger partial charge in [-0.05, 0) is 56.3 Å². The number of carbonyl (C=O) groups is 1. The van der Waals surface area contributed by atoms with Crippen LogP contribution in [0.1, 0.15) is 31.2 Å². The first-order chi connectivity index (χ1) is 9.83. The Morgan fingerprint density at radius 3 is 2.95 bits per heavy atom. The lowest BCUT2D eigenvalue weighted by molar-refractivity contribution is -0.131. The Balaban J connectivity index is 1.59. The van der Waals surface area contributed by atoms with Crippen molar-refractivity contribution in [3.05, 3.63) is 30.1 Å². The van der Waals surface area contributed by atoms with Crippen molar-refractivity contribution in [2.45, 2.75) is 38.1 Å². The number of rotatable bonds is 5. The summed E-state index contributed by atoms with van der Waals surface area (Å²) < 4.78 is 0. The Morgan fingerprint density at radius 1 is 1.40 bits per heavy atom. The molecule has 4 nitrogen and oxygen atoms in total. The summed E-state index contributed by atoms with van der Waals surface area (Å²) >= 11 is 0. The molecule has 0 radical (unpaired) electrons. The first kappa shape index (κ1) is 13.6. The molecule has 1 atom stereocenters. The van der Waals surface area contributed by atoms with E-state index in [1.54, 1.807) is 12.4 Å². The summed E-state index contributed by atoms with van der Waals surface area (Å²) in [5.41, 5.74) is 1.02. The average molecular weight is 273 g/mol. The van der Waals surface area contributed by atoms with Crippen LogP contribution >= 0.6 is 0 Å². The Kier molecular flexibility index (Phi) is 4.31. The third-order valence-corrected chi connectivity index (χ3v) is 4.24. The molecule has 1 saturated heterocycles. The zero-order valence-corrected chi connectivity index (χ0v) is 11.9. The third-order valence-electron chi connectivity index (χ3n) is 4.24. The lowest BCUT2D eigenvalue weighted by Crippen LogP contribution is -2.42. The molecular formula is C16H23N3O. The fourth-order valence-corrected chi connectivity index (χ4v) is 2.98. The molecule has 2 heterocycles. The third kappa shape index (κ3) is 3.57. The smallest absolute Gasteiger partial charge is 0.227 e. The summed E-state index contributed by atoms with van der Waals surface area (Å²) in [6.45, 7) is 3.11. The molecular weight excluding hydrogens is 250 g/mol. The van der Waals surface area contributed by atoms with E-state index in [-0.39, 0.29) is 5.91 Å². The topological polar surface area (TPSA) is 45.2 Å². The van der Waals surface area contributed by atoms with Crippen LogP contribution < -0.4 is 5.32 Å². The number of aromatic nitrogens is 1. The van der Waals surface area contributed by atoms with Crippen molar-refractivity contribution in [2.75, 3.05) is 19.6 Å². The van der Waals surface area contributed by atoms with Gasteiger partial charge < -0.3 is 10.2 Å². The predicted molar refractivity (Wildman–Crippen MR) is 78.3 cm³/mol. The molecule has 1 aliphatic heterocycles. The number of piperidine rings is 1. The molecule has 1 aliphatic carbocycles. The van der Waals surface area contributed by atoms with E-state index < -0.39 is 0 Å². The first-order valence-corrected chi connectivity index (χ1v) is 7.72. The predicted octanol–water partition coefficient (Wildman–Crippen LogP) is 1.61. The van der Waals surface area contributed by atoms with Crippen molar-refractivity contribution >= 4 is 5.91 Å². The van der Waals surface area contributed by atoms with Crippen molar-refractivity contribution in [2.24, 2.45) is 5.92 Å². The van der Waals surface area contributed by atoms with Gasteiger partial charge in [-0.15, -0.1) is 0 Å². The van der Waals surface area contributed by atoms with Gasteiger partial charge in [-0.2, -0.15) is 0 Å². The zero-order valence-electron chi connectivity index (χ0n) is 11.9. The van der Waals surface area contributed by atoms with Gasteiger partial charge in [0.2, 0.25) is 5.91 Å². The van der Waals surface area contributed by atoms with E-state index in [1.807, 2.05) is 12.1 Å². The van der Waals surface area contributed by atoms with Crippen LogP contribution in [0, 0.1) is 5.92 Å². The van der Waals surface area contributed by atoms with Gasteiger partial charge in [0, 0.05) is 25.0 Å². The van der Waals surface area contributed by atoms with E-state index in [0.29, 0.717) is 18.4 Å². The average Bonchev–Trinajstić information content (AvgIpc) is 3.31. The molecule has 1 N–H and O–H groups in total. The van der Waals surface area contributed by atoms with Crippen LogP contribution in [0.2, 0.25) is 0 Å². The SMILES string of the molecule is O=C(Cc1cccnc1)N(CC1CCCNC1)C1CC1. The quantitative estimate of drug-likeness (QED) is 0.886. The summed E-state index contributed by atoms with van der Waals surface area (Å²) in [4.78, 5) is 18.8. The summed E-state index contributed by atoms with van der Waals surface area (Å²) in [6.07, 6.45) is 8.88. The molecule has 4 heteroatoms. The van der Waals surface area contributed by atoms with Crippen molar-refractivity contribution in [3.63, 3.8) is 0 Å². The van der Waals surface area contributed by atoms with Gasteiger partial charge in [0.25, 0.3) is 0 Å². The van der Waals surface area contributed by atoms with Crippen LogP contribution in [0.15, 0.2) is 24.5 Å². The van der Waals surface area contributed by atoms with Crippen LogP contribution in [0.3, 0.4) is 0 Å². The van der Waals surface area contributed by atoms with E-state index >= 15 is 0 Å². The minimum atomic E-state index is 0.270. The second kappa shape index (κ2) is 6.35. The lowest BCUT2D eigenvalue weighted by Gasteiger charge is -2.30. The monoisotopic (exact) mass is 273 g/mol. The molecule has 20 heavy (non-hydrogen) atoms. The Morgan fingerprint density at radius 2 is 2.30 bits per heavy atom. The number of amides is 1. The molecule has 3 rings (SSSR count). The van der Waals surface area contributed by atoms with Crippen molar-refractivity contribution in [1.29, 1.82) is 0 Å². The van der Waals surface area contributed by atoms with E-state index in [9.17, 15) is 4.79 Å². The highest BCUT2D eigenvalue weighted by molar-refractivity contribution is 5.79. The second-order valence-corrected chi connectivity index (χ2v) is 6.03. The molecule has 1 aromatic rings. The Bertz CT molecular complexity index is 438. The molecule has 0 bridgehead atoms. The van der Waals surface area contributed by atoms with Crippen LogP contribution in [0.5, 0.6) is 0 Å². The molecule has 1 amide bonds. The molecule has 0 aromatic carbocycles. The van der Waals surface area contributed by atoms with Crippen molar-refractivity contribution < 1.29 is 4.79 Å². The number of hydrogen-bond acceptors (Lipinski definition) is 3. The fraction of sp³-hybridized carbons (Fsp3) is 0.625. The number of carbonyl (C=O) groups excluding carboxylic acids is 1. The van der Waals surface area contributed by atoms with Crippen LogP contribution in [-0.2, 0) is 11.2 Å². The summed E-state index contributed by atoms with van der Waals surface area (Å²) in [6, 6.07) is 4.38. The van der Waals surface area contributed by atoms with E-state index in [0.717, 1.165) is 25.2 Å². The van der Waals surface area contributed by atoms with E-state index in [1.165, 1.54) is 25.7 Å². The van der Waals surface area contributed by atoms with Gasteiger partial charge in [-0.3, -0.25) is 9.78 Å². The normalized spacial score (nSPS) is 22.5. The van der Waals surface area contributed by atoms with Gasteiger partial charge in [0.15, 0.2) is 0 Å². The summed E-state index contributed by atoms with van der Waals surface area (Å²) in [5, 5.41) is 3.44. The maximum atomic E-state index is 12.5. The zero-order chi connectivity index (χ0) is 13.8. The number of hydrogen-bond donors (Lipinski definition) is 1. The van der Waals surface area contributed by atoms with Gasteiger partial charge >= 0.3 is 0 Å². The molecule has 1 aromatic heterocycles. The number of pyridine rings is 1.